The van der Waals surface area contributed by atoms with E-state index < -0.39 is 10.2 Å². The Hall–Kier alpha value is -2.10. The minimum Gasteiger partial charge on any atom is -0.323 e. The van der Waals surface area contributed by atoms with Gasteiger partial charge in [-0.2, -0.15) is 17.0 Å². The summed E-state index contributed by atoms with van der Waals surface area (Å²) in [4.78, 5) is 13.2. The van der Waals surface area contributed by atoms with E-state index in [1.165, 1.54) is 8.61 Å². The number of rotatable bonds is 5. The largest absolute Gasteiger partial charge is 0.323 e. The molecule has 9 heteroatoms. The van der Waals surface area contributed by atoms with Crippen LogP contribution < -0.4 is 5.32 Å². The van der Waals surface area contributed by atoms with Gasteiger partial charge in [0.2, 0.25) is 5.95 Å². The number of hydrogen-bond acceptors (Lipinski definition) is 6. The second-order valence-electron chi connectivity index (χ2n) is 6.63. The Morgan fingerprint density at radius 1 is 1.19 bits per heavy atom. The maximum Gasteiger partial charge on any atom is 0.282 e. The first-order valence-electron chi connectivity index (χ1n) is 8.52. The third-order valence-electron chi connectivity index (χ3n) is 4.33. The summed E-state index contributed by atoms with van der Waals surface area (Å²) in [5.74, 6) is 0.523. The normalized spacial score (nSPS) is 18.4. The van der Waals surface area contributed by atoms with Crippen molar-refractivity contribution in [2.24, 2.45) is 0 Å². The van der Waals surface area contributed by atoms with Crippen molar-refractivity contribution in [3.05, 3.63) is 41.5 Å². The van der Waals surface area contributed by atoms with Crippen molar-refractivity contribution in [2.45, 2.75) is 32.7 Å². The zero-order chi connectivity index (χ0) is 18.9. The van der Waals surface area contributed by atoms with E-state index in [2.05, 4.69) is 20.3 Å². The van der Waals surface area contributed by atoms with Gasteiger partial charge in [-0.3, -0.25) is 4.98 Å². The van der Waals surface area contributed by atoms with Gasteiger partial charge >= 0.3 is 0 Å². The van der Waals surface area contributed by atoms with Crippen molar-refractivity contribution in [2.75, 3.05) is 26.0 Å². The highest BCUT2D eigenvalue weighted by molar-refractivity contribution is 7.86. The first-order chi connectivity index (χ1) is 12.3. The summed E-state index contributed by atoms with van der Waals surface area (Å²) >= 11 is 0. The van der Waals surface area contributed by atoms with Gasteiger partial charge in [0.15, 0.2) is 0 Å². The Bertz CT molecular complexity index is 862. The van der Waals surface area contributed by atoms with Crippen molar-refractivity contribution < 1.29 is 8.42 Å². The number of anilines is 2. The van der Waals surface area contributed by atoms with Crippen LogP contribution in [0.25, 0.3) is 0 Å². The molecule has 0 aliphatic carbocycles. The maximum atomic E-state index is 12.5. The topological polar surface area (TPSA) is 91.3 Å². The van der Waals surface area contributed by atoms with Gasteiger partial charge in [0.25, 0.3) is 10.2 Å². The molecule has 2 aromatic rings. The molecule has 26 heavy (non-hydrogen) atoms. The highest BCUT2D eigenvalue weighted by Gasteiger charge is 2.37. The second-order valence-corrected chi connectivity index (χ2v) is 8.72. The van der Waals surface area contributed by atoms with Crippen molar-refractivity contribution in [3.63, 3.8) is 0 Å². The van der Waals surface area contributed by atoms with E-state index in [1.807, 2.05) is 32.0 Å². The van der Waals surface area contributed by atoms with Crippen molar-refractivity contribution in [1.29, 1.82) is 0 Å². The summed E-state index contributed by atoms with van der Waals surface area (Å²) in [6.07, 6.45) is 3.29. The van der Waals surface area contributed by atoms with Gasteiger partial charge in [-0.1, -0.05) is 0 Å². The quantitative estimate of drug-likeness (QED) is 0.860. The number of pyridine rings is 1. The van der Waals surface area contributed by atoms with Gasteiger partial charge in [0.1, 0.15) is 0 Å². The van der Waals surface area contributed by atoms with Crippen LogP contribution in [0.3, 0.4) is 0 Å². The van der Waals surface area contributed by atoms with Gasteiger partial charge < -0.3 is 5.32 Å². The first-order valence-corrected chi connectivity index (χ1v) is 9.91. The van der Waals surface area contributed by atoms with Crippen LogP contribution in [0.5, 0.6) is 0 Å². The lowest BCUT2D eigenvalue weighted by molar-refractivity contribution is 0.358. The van der Waals surface area contributed by atoms with Gasteiger partial charge in [0.05, 0.1) is 23.6 Å². The van der Waals surface area contributed by atoms with Crippen LogP contribution in [0.4, 0.5) is 11.6 Å². The molecule has 0 bridgehead atoms. The van der Waals surface area contributed by atoms with Gasteiger partial charge in [0, 0.05) is 32.0 Å². The molecule has 8 nitrogen and oxygen atoms in total. The second kappa shape index (κ2) is 7.26. The summed E-state index contributed by atoms with van der Waals surface area (Å²) in [5.41, 5.74) is 3.29. The number of aryl methyl sites for hydroxylation is 2. The summed E-state index contributed by atoms with van der Waals surface area (Å²) in [7, 11) is -0.350. The summed E-state index contributed by atoms with van der Waals surface area (Å²) in [6, 6.07) is 5.42. The summed E-state index contributed by atoms with van der Waals surface area (Å²) in [6.45, 7) is 4.35. The van der Waals surface area contributed by atoms with Crippen LogP contribution in [0.15, 0.2) is 24.4 Å². The van der Waals surface area contributed by atoms with Crippen molar-refractivity contribution >= 4 is 21.8 Å². The number of aromatic nitrogens is 3. The van der Waals surface area contributed by atoms with E-state index in [4.69, 9.17) is 0 Å². The maximum absolute atomic E-state index is 12.5. The molecule has 1 saturated heterocycles. The Morgan fingerprint density at radius 3 is 2.46 bits per heavy atom. The standard InChI is InChI=1S/C17H24N6O2S/c1-12-10-13(2)20-17(19-12)21-14-7-8-15(18-11-14)16-6-5-9-23(16)26(24,25)22(3)4/h7-8,10-11,16H,5-6,9H2,1-4H3,(H,19,20,21)/t16-/m1/s1. The monoisotopic (exact) mass is 376 g/mol. The number of nitrogens with zero attached hydrogens (tertiary/aromatic N) is 5. The van der Waals surface area contributed by atoms with Crippen molar-refractivity contribution in [3.8, 4) is 0 Å². The Kier molecular flexibility index (Phi) is 5.22. The molecular formula is C17H24N6O2S. The molecule has 140 valence electrons. The zero-order valence-corrected chi connectivity index (χ0v) is 16.3. The van der Waals surface area contributed by atoms with E-state index in [1.54, 1.807) is 20.3 Å². The SMILES string of the molecule is Cc1cc(C)nc(Nc2ccc([C@H]3CCCN3S(=O)(=O)N(C)C)nc2)n1. The Labute approximate surface area is 154 Å². The predicted octanol–water partition coefficient (Wildman–Crippen LogP) is 2.18. The van der Waals surface area contributed by atoms with Crippen LogP contribution >= 0.6 is 0 Å². The first kappa shape index (κ1) is 18.7. The fraction of sp³-hybridized carbons (Fsp3) is 0.471. The van der Waals surface area contributed by atoms with E-state index in [0.717, 1.165) is 35.6 Å². The molecule has 2 aromatic heterocycles. The molecule has 0 unspecified atom stereocenters. The molecular weight excluding hydrogens is 352 g/mol. The molecule has 3 heterocycles. The molecule has 0 aromatic carbocycles. The fourth-order valence-corrected chi connectivity index (χ4v) is 4.42. The van der Waals surface area contributed by atoms with E-state index in [-0.39, 0.29) is 6.04 Å². The zero-order valence-electron chi connectivity index (χ0n) is 15.5. The predicted molar refractivity (Wildman–Crippen MR) is 100 cm³/mol. The highest BCUT2D eigenvalue weighted by Crippen LogP contribution is 2.34. The lowest BCUT2D eigenvalue weighted by Gasteiger charge is -2.26. The summed E-state index contributed by atoms with van der Waals surface area (Å²) < 4.78 is 27.7. The third kappa shape index (κ3) is 3.84. The number of hydrogen-bond donors (Lipinski definition) is 1. The molecule has 0 saturated carbocycles. The molecule has 1 N–H and O–H groups in total. The van der Waals surface area contributed by atoms with Crippen molar-refractivity contribution in [1.82, 2.24) is 23.6 Å². The van der Waals surface area contributed by atoms with E-state index >= 15 is 0 Å². The smallest absolute Gasteiger partial charge is 0.282 e. The Balaban J connectivity index is 1.79. The van der Waals surface area contributed by atoms with Crippen LogP contribution in [-0.4, -0.2) is 52.6 Å². The van der Waals surface area contributed by atoms with Crippen LogP contribution in [0.1, 0.15) is 36.0 Å². The van der Waals surface area contributed by atoms with E-state index in [9.17, 15) is 8.42 Å². The molecule has 1 aliphatic rings. The summed E-state index contributed by atoms with van der Waals surface area (Å²) in [5, 5.41) is 3.14. The molecule has 1 aliphatic heterocycles. The molecule has 1 atom stereocenters. The van der Waals surface area contributed by atoms with Gasteiger partial charge in [-0.15, -0.1) is 0 Å². The third-order valence-corrected chi connectivity index (χ3v) is 6.28. The molecule has 3 rings (SSSR count). The van der Waals surface area contributed by atoms with Crippen LogP contribution in [0, 0.1) is 13.8 Å². The lowest BCUT2D eigenvalue weighted by atomic mass is 10.1. The van der Waals surface area contributed by atoms with Gasteiger partial charge in [-0.05, 0) is 44.9 Å². The molecule has 0 amide bonds. The van der Waals surface area contributed by atoms with Gasteiger partial charge in [-0.25, -0.2) is 9.97 Å². The number of nitrogens with one attached hydrogen (secondary N) is 1. The minimum atomic E-state index is -3.45. The highest BCUT2D eigenvalue weighted by atomic mass is 32.2. The lowest BCUT2D eigenvalue weighted by Crippen LogP contribution is -2.39. The Morgan fingerprint density at radius 2 is 1.88 bits per heavy atom. The fourth-order valence-electron chi connectivity index (χ4n) is 3.11. The average Bonchev–Trinajstić information content (AvgIpc) is 3.05. The molecule has 1 fully saturated rings. The van der Waals surface area contributed by atoms with Crippen LogP contribution in [-0.2, 0) is 10.2 Å². The van der Waals surface area contributed by atoms with E-state index in [0.29, 0.717) is 12.5 Å². The van der Waals surface area contributed by atoms with Crippen LogP contribution in [0.2, 0.25) is 0 Å². The minimum absolute atomic E-state index is 0.228. The molecule has 0 spiro atoms. The average molecular weight is 376 g/mol. The molecule has 0 radical (unpaired) electrons.